The molecular weight excluding hydrogens is 370 g/mol. The van der Waals surface area contributed by atoms with Gasteiger partial charge in [-0.1, -0.05) is 6.07 Å². The number of amides is 1. The van der Waals surface area contributed by atoms with Gasteiger partial charge < -0.3 is 19.5 Å². The molecule has 4 heterocycles. The fourth-order valence-corrected chi connectivity index (χ4v) is 3.22. The molecule has 1 atom stereocenters. The molecule has 1 saturated heterocycles. The topological polar surface area (TPSA) is 98.1 Å². The molecule has 1 unspecified atom stereocenters. The maximum absolute atomic E-state index is 12.8. The fourth-order valence-electron chi connectivity index (χ4n) is 3.22. The lowest BCUT2D eigenvalue weighted by Crippen LogP contribution is -2.48. The average molecular weight is 393 g/mol. The third-order valence-electron chi connectivity index (χ3n) is 4.73. The summed E-state index contributed by atoms with van der Waals surface area (Å²) in [5, 5.41) is 11.0. The van der Waals surface area contributed by atoms with E-state index in [2.05, 4.69) is 30.4 Å². The Morgan fingerprint density at radius 2 is 2.17 bits per heavy atom. The zero-order chi connectivity index (χ0) is 20.2. The van der Waals surface area contributed by atoms with Crippen LogP contribution in [0.2, 0.25) is 0 Å². The summed E-state index contributed by atoms with van der Waals surface area (Å²) in [6, 6.07) is 9.49. The number of pyridine rings is 2. The number of nitrogens with zero attached hydrogens (tertiary/aromatic N) is 6. The van der Waals surface area contributed by atoms with Crippen LogP contribution in [-0.4, -0.2) is 56.4 Å². The van der Waals surface area contributed by atoms with Crippen molar-refractivity contribution in [1.82, 2.24) is 24.7 Å². The van der Waals surface area contributed by atoms with Crippen LogP contribution in [0.1, 0.15) is 19.9 Å². The molecule has 0 aromatic carbocycles. The summed E-state index contributed by atoms with van der Waals surface area (Å²) >= 11 is 0. The van der Waals surface area contributed by atoms with E-state index in [0.29, 0.717) is 37.0 Å². The van der Waals surface area contributed by atoms with Crippen LogP contribution in [0.4, 0.5) is 11.5 Å². The van der Waals surface area contributed by atoms with Gasteiger partial charge in [0, 0.05) is 18.8 Å². The lowest BCUT2D eigenvalue weighted by Gasteiger charge is -2.33. The zero-order valence-electron chi connectivity index (χ0n) is 16.4. The normalized spacial score (nSPS) is 16.8. The van der Waals surface area contributed by atoms with Crippen LogP contribution in [-0.2, 0) is 9.53 Å². The molecule has 0 saturated carbocycles. The van der Waals surface area contributed by atoms with Crippen molar-refractivity contribution < 1.29 is 9.53 Å². The Kier molecular flexibility index (Phi) is 5.48. The first-order valence-electron chi connectivity index (χ1n) is 9.56. The number of ether oxygens (including phenoxy) is 1. The molecule has 0 radical (unpaired) electrons. The van der Waals surface area contributed by atoms with Crippen LogP contribution in [0.25, 0.3) is 11.5 Å². The molecule has 150 valence electrons. The number of morpholine rings is 1. The largest absolute Gasteiger partial charge is 0.365 e. The molecule has 1 aliphatic rings. The fraction of sp³-hybridized carbons (Fsp3) is 0.350. The number of carbonyl (C=O) groups is 1. The standard InChI is InChI=1S/C20H23N7O2/c1-14(2)27-13-22-25-19(27)16-6-3-7-18(23-16)24-20(28)17-12-26(9-10-29-17)15-5-4-8-21-11-15/h3-8,11,13-14,17H,9-10,12H2,1-2H3,(H,23,24,28). The molecule has 29 heavy (non-hydrogen) atoms. The van der Waals surface area contributed by atoms with Gasteiger partial charge in [0.2, 0.25) is 0 Å². The molecule has 0 spiro atoms. The average Bonchev–Trinajstić information content (AvgIpc) is 3.25. The van der Waals surface area contributed by atoms with Gasteiger partial charge in [-0.2, -0.15) is 0 Å². The van der Waals surface area contributed by atoms with E-state index in [-0.39, 0.29) is 11.9 Å². The van der Waals surface area contributed by atoms with E-state index in [1.807, 2.05) is 42.7 Å². The van der Waals surface area contributed by atoms with Crippen LogP contribution in [0.3, 0.4) is 0 Å². The van der Waals surface area contributed by atoms with Gasteiger partial charge in [0.1, 0.15) is 17.8 Å². The number of carbonyl (C=O) groups excluding carboxylic acids is 1. The summed E-state index contributed by atoms with van der Waals surface area (Å²) in [4.78, 5) is 23.5. The molecule has 0 bridgehead atoms. The molecule has 0 aliphatic carbocycles. The third kappa shape index (κ3) is 4.24. The van der Waals surface area contributed by atoms with E-state index in [1.54, 1.807) is 24.8 Å². The van der Waals surface area contributed by atoms with Gasteiger partial charge in [-0.05, 0) is 38.1 Å². The van der Waals surface area contributed by atoms with E-state index < -0.39 is 6.10 Å². The van der Waals surface area contributed by atoms with Crippen molar-refractivity contribution >= 4 is 17.4 Å². The molecule has 3 aromatic heterocycles. The molecular formula is C20H23N7O2. The highest BCUT2D eigenvalue weighted by atomic mass is 16.5. The van der Waals surface area contributed by atoms with Crippen LogP contribution < -0.4 is 10.2 Å². The third-order valence-corrected chi connectivity index (χ3v) is 4.73. The number of aromatic nitrogens is 5. The second-order valence-electron chi connectivity index (χ2n) is 7.07. The number of hydrogen-bond donors (Lipinski definition) is 1. The number of nitrogens with one attached hydrogen (secondary N) is 1. The zero-order valence-corrected chi connectivity index (χ0v) is 16.4. The van der Waals surface area contributed by atoms with Crippen molar-refractivity contribution in [3.8, 4) is 11.5 Å². The maximum Gasteiger partial charge on any atom is 0.256 e. The molecule has 1 N–H and O–H groups in total. The van der Waals surface area contributed by atoms with Crippen molar-refractivity contribution in [2.45, 2.75) is 26.0 Å². The van der Waals surface area contributed by atoms with Crippen molar-refractivity contribution in [3.63, 3.8) is 0 Å². The van der Waals surface area contributed by atoms with Gasteiger partial charge in [-0.3, -0.25) is 9.78 Å². The monoisotopic (exact) mass is 393 g/mol. The van der Waals surface area contributed by atoms with Gasteiger partial charge in [0.25, 0.3) is 5.91 Å². The van der Waals surface area contributed by atoms with E-state index in [9.17, 15) is 4.79 Å². The van der Waals surface area contributed by atoms with Crippen molar-refractivity contribution in [2.75, 3.05) is 29.9 Å². The van der Waals surface area contributed by atoms with E-state index in [4.69, 9.17) is 4.74 Å². The summed E-state index contributed by atoms with van der Waals surface area (Å²) in [5.74, 6) is 0.884. The quantitative estimate of drug-likeness (QED) is 0.709. The minimum absolute atomic E-state index is 0.203. The van der Waals surface area contributed by atoms with Crippen LogP contribution in [0.5, 0.6) is 0 Å². The summed E-state index contributed by atoms with van der Waals surface area (Å²) < 4.78 is 7.62. The molecule has 9 nitrogen and oxygen atoms in total. The summed E-state index contributed by atoms with van der Waals surface area (Å²) in [6.45, 7) is 5.74. The van der Waals surface area contributed by atoms with Crippen LogP contribution >= 0.6 is 0 Å². The Hall–Kier alpha value is -3.33. The van der Waals surface area contributed by atoms with Gasteiger partial charge >= 0.3 is 0 Å². The first kappa shape index (κ1) is 19.0. The molecule has 1 fully saturated rings. The Balaban J connectivity index is 1.46. The van der Waals surface area contributed by atoms with Gasteiger partial charge in [0.05, 0.1) is 25.0 Å². The van der Waals surface area contributed by atoms with Crippen molar-refractivity contribution in [2.24, 2.45) is 0 Å². The predicted octanol–water partition coefficient (Wildman–Crippen LogP) is 2.16. The summed E-state index contributed by atoms with van der Waals surface area (Å²) in [5.41, 5.74) is 1.62. The second kappa shape index (κ2) is 8.36. The van der Waals surface area contributed by atoms with Crippen LogP contribution in [0, 0.1) is 0 Å². The number of rotatable bonds is 5. The van der Waals surface area contributed by atoms with Crippen molar-refractivity contribution in [1.29, 1.82) is 0 Å². The first-order valence-corrected chi connectivity index (χ1v) is 9.56. The maximum atomic E-state index is 12.8. The number of hydrogen-bond acceptors (Lipinski definition) is 7. The highest BCUT2D eigenvalue weighted by Gasteiger charge is 2.27. The lowest BCUT2D eigenvalue weighted by atomic mass is 10.2. The van der Waals surface area contributed by atoms with Gasteiger partial charge in [0.15, 0.2) is 11.9 Å². The highest BCUT2D eigenvalue weighted by Crippen LogP contribution is 2.21. The van der Waals surface area contributed by atoms with E-state index in [1.165, 1.54) is 0 Å². The molecule has 3 aromatic rings. The molecule has 4 rings (SSSR count). The highest BCUT2D eigenvalue weighted by molar-refractivity contribution is 5.94. The second-order valence-corrected chi connectivity index (χ2v) is 7.07. The minimum atomic E-state index is -0.589. The van der Waals surface area contributed by atoms with E-state index >= 15 is 0 Å². The Morgan fingerprint density at radius 1 is 1.28 bits per heavy atom. The smallest absolute Gasteiger partial charge is 0.256 e. The van der Waals surface area contributed by atoms with Gasteiger partial charge in [-0.25, -0.2) is 4.98 Å². The van der Waals surface area contributed by atoms with E-state index in [0.717, 1.165) is 5.69 Å². The van der Waals surface area contributed by atoms with Crippen LogP contribution in [0.15, 0.2) is 49.1 Å². The Labute approximate surface area is 168 Å². The SMILES string of the molecule is CC(C)n1cnnc1-c1cccc(NC(=O)C2CN(c3cccnc3)CCO2)n1. The number of anilines is 2. The Bertz CT molecular complexity index is 974. The minimum Gasteiger partial charge on any atom is -0.365 e. The molecule has 1 amide bonds. The molecule has 9 heteroatoms. The van der Waals surface area contributed by atoms with Gasteiger partial charge in [-0.15, -0.1) is 10.2 Å². The first-order chi connectivity index (χ1) is 14.1. The predicted molar refractivity (Wildman–Crippen MR) is 108 cm³/mol. The lowest BCUT2D eigenvalue weighted by molar-refractivity contribution is -0.128. The summed E-state index contributed by atoms with van der Waals surface area (Å²) in [7, 11) is 0. The Morgan fingerprint density at radius 3 is 2.97 bits per heavy atom. The summed E-state index contributed by atoms with van der Waals surface area (Å²) in [6.07, 6.45) is 4.60. The van der Waals surface area contributed by atoms with Crippen molar-refractivity contribution in [3.05, 3.63) is 49.1 Å². The molecule has 1 aliphatic heterocycles.